The zero-order valence-corrected chi connectivity index (χ0v) is 9.68. The van der Waals surface area contributed by atoms with Gasteiger partial charge in [-0.1, -0.05) is 13.8 Å². The van der Waals surface area contributed by atoms with Gasteiger partial charge < -0.3 is 10.0 Å². The van der Waals surface area contributed by atoms with E-state index < -0.39 is 5.97 Å². The molecule has 1 rings (SSSR count). The molecular formula is C11H17N3O2. The molecule has 0 amide bonds. The molecule has 0 aliphatic rings. The van der Waals surface area contributed by atoms with Gasteiger partial charge in [0.2, 0.25) is 0 Å². The van der Waals surface area contributed by atoms with E-state index in [0.717, 1.165) is 31.7 Å². The highest BCUT2D eigenvalue weighted by Crippen LogP contribution is 2.10. The number of hydrogen-bond acceptors (Lipinski definition) is 4. The van der Waals surface area contributed by atoms with Crippen LogP contribution < -0.4 is 4.90 Å². The maximum absolute atomic E-state index is 10.6. The molecule has 1 aromatic rings. The smallest absolute Gasteiger partial charge is 0.356 e. The summed E-state index contributed by atoms with van der Waals surface area (Å²) in [5.41, 5.74) is -0.0169. The van der Waals surface area contributed by atoms with Crippen LogP contribution in [0.3, 0.4) is 0 Å². The Balaban J connectivity index is 2.80. The van der Waals surface area contributed by atoms with E-state index in [-0.39, 0.29) is 5.69 Å². The van der Waals surface area contributed by atoms with E-state index in [1.807, 2.05) is 0 Å². The normalized spacial score (nSPS) is 10.1. The first-order chi connectivity index (χ1) is 7.69. The van der Waals surface area contributed by atoms with Crippen LogP contribution in [0, 0.1) is 0 Å². The predicted molar refractivity (Wildman–Crippen MR) is 61.8 cm³/mol. The number of aromatic carboxylic acids is 1. The zero-order chi connectivity index (χ0) is 12.0. The Labute approximate surface area is 95.1 Å². The maximum Gasteiger partial charge on any atom is 0.356 e. The summed E-state index contributed by atoms with van der Waals surface area (Å²) >= 11 is 0. The van der Waals surface area contributed by atoms with Crippen LogP contribution in [0.5, 0.6) is 0 Å². The third-order valence-electron chi connectivity index (χ3n) is 2.18. The van der Waals surface area contributed by atoms with Crippen LogP contribution in [0.15, 0.2) is 12.1 Å². The van der Waals surface area contributed by atoms with Crippen molar-refractivity contribution in [2.45, 2.75) is 26.7 Å². The minimum atomic E-state index is -1.04. The van der Waals surface area contributed by atoms with Gasteiger partial charge in [0.15, 0.2) is 11.5 Å². The molecule has 5 nitrogen and oxygen atoms in total. The molecule has 0 saturated carbocycles. The number of hydrogen-bond donors (Lipinski definition) is 1. The summed E-state index contributed by atoms with van der Waals surface area (Å²) in [5, 5.41) is 16.3. The average molecular weight is 223 g/mol. The van der Waals surface area contributed by atoms with Gasteiger partial charge in [0.25, 0.3) is 0 Å². The predicted octanol–water partition coefficient (Wildman–Crippen LogP) is 1.80. The van der Waals surface area contributed by atoms with Crippen molar-refractivity contribution in [1.29, 1.82) is 0 Å². The van der Waals surface area contributed by atoms with Gasteiger partial charge in [-0.2, -0.15) is 0 Å². The number of aromatic nitrogens is 2. The third kappa shape index (κ3) is 3.18. The topological polar surface area (TPSA) is 66.3 Å². The highest BCUT2D eigenvalue weighted by atomic mass is 16.4. The fourth-order valence-corrected chi connectivity index (χ4v) is 1.49. The first-order valence-corrected chi connectivity index (χ1v) is 5.51. The molecule has 16 heavy (non-hydrogen) atoms. The van der Waals surface area contributed by atoms with Crippen LogP contribution in [0.4, 0.5) is 5.82 Å². The molecule has 1 aromatic heterocycles. The number of rotatable bonds is 6. The zero-order valence-electron chi connectivity index (χ0n) is 9.68. The average Bonchev–Trinajstić information content (AvgIpc) is 2.29. The van der Waals surface area contributed by atoms with Crippen molar-refractivity contribution in [2.24, 2.45) is 0 Å². The molecule has 1 heterocycles. The molecule has 88 valence electrons. The number of carbonyl (C=O) groups is 1. The monoisotopic (exact) mass is 223 g/mol. The van der Waals surface area contributed by atoms with E-state index in [1.54, 1.807) is 6.07 Å². The lowest BCUT2D eigenvalue weighted by Gasteiger charge is -2.21. The summed E-state index contributed by atoms with van der Waals surface area (Å²) < 4.78 is 0. The SMILES string of the molecule is CCCN(CCC)c1ccc(C(=O)O)nn1. The number of carboxylic acid groups (broad SMARTS) is 1. The first-order valence-electron chi connectivity index (χ1n) is 5.51. The van der Waals surface area contributed by atoms with Crippen molar-refractivity contribution >= 4 is 11.8 Å². The van der Waals surface area contributed by atoms with Crippen molar-refractivity contribution in [3.05, 3.63) is 17.8 Å². The molecule has 0 aliphatic heterocycles. The van der Waals surface area contributed by atoms with Gasteiger partial charge in [-0.05, 0) is 25.0 Å². The Morgan fingerprint density at radius 2 is 1.88 bits per heavy atom. The molecule has 0 radical (unpaired) electrons. The van der Waals surface area contributed by atoms with E-state index in [1.165, 1.54) is 6.07 Å². The van der Waals surface area contributed by atoms with Gasteiger partial charge in [-0.15, -0.1) is 10.2 Å². The minimum absolute atomic E-state index is 0.0169. The van der Waals surface area contributed by atoms with E-state index in [2.05, 4.69) is 28.9 Å². The summed E-state index contributed by atoms with van der Waals surface area (Å²) in [4.78, 5) is 12.7. The highest BCUT2D eigenvalue weighted by molar-refractivity contribution is 5.85. The Hall–Kier alpha value is -1.65. The quantitative estimate of drug-likeness (QED) is 0.796. The van der Waals surface area contributed by atoms with Gasteiger partial charge in [-0.3, -0.25) is 0 Å². The van der Waals surface area contributed by atoms with E-state index in [9.17, 15) is 4.79 Å². The Kier molecular flexibility index (Phi) is 4.69. The molecule has 0 unspecified atom stereocenters. The van der Waals surface area contributed by atoms with Crippen molar-refractivity contribution < 1.29 is 9.90 Å². The van der Waals surface area contributed by atoms with E-state index in [0.29, 0.717) is 0 Å². The van der Waals surface area contributed by atoms with Gasteiger partial charge >= 0.3 is 5.97 Å². The molecule has 0 atom stereocenters. The molecule has 5 heteroatoms. The van der Waals surface area contributed by atoms with Gasteiger partial charge in [-0.25, -0.2) is 4.79 Å². The molecule has 0 spiro atoms. The third-order valence-corrected chi connectivity index (χ3v) is 2.18. The highest BCUT2D eigenvalue weighted by Gasteiger charge is 2.09. The van der Waals surface area contributed by atoms with E-state index >= 15 is 0 Å². The lowest BCUT2D eigenvalue weighted by atomic mass is 10.3. The van der Waals surface area contributed by atoms with Crippen LogP contribution in [0.1, 0.15) is 37.2 Å². The standard InChI is InChI=1S/C11H17N3O2/c1-3-7-14(8-4-2)10-6-5-9(11(15)16)12-13-10/h5-6H,3-4,7-8H2,1-2H3,(H,15,16). The largest absolute Gasteiger partial charge is 0.476 e. The van der Waals surface area contributed by atoms with Crippen molar-refractivity contribution in [3.63, 3.8) is 0 Å². The van der Waals surface area contributed by atoms with Crippen LogP contribution in [0.25, 0.3) is 0 Å². The van der Waals surface area contributed by atoms with Crippen LogP contribution in [0.2, 0.25) is 0 Å². The molecule has 0 saturated heterocycles. The number of anilines is 1. The molecule has 0 aromatic carbocycles. The Bertz CT molecular complexity index is 332. The van der Waals surface area contributed by atoms with Crippen LogP contribution in [-0.2, 0) is 0 Å². The Morgan fingerprint density at radius 1 is 1.25 bits per heavy atom. The summed E-state index contributed by atoms with van der Waals surface area (Å²) in [6.45, 7) is 6.02. The van der Waals surface area contributed by atoms with Crippen LogP contribution in [-0.4, -0.2) is 34.4 Å². The number of carboxylic acids is 1. The van der Waals surface area contributed by atoms with Gasteiger partial charge in [0, 0.05) is 13.1 Å². The lowest BCUT2D eigenvalue weighted by molar-refractivity contribution is 0.0689. The summed E-state index contributed by atoms with van der Waals surface area (Å²) in [5.74, 6) is -0.301. The fraction of sp³-hybridized carbons (Fsp3) is 0.545. The second-order valence-corrected chi connectivity index (χ2v) is 3.57. The molecular weight excluding hydrogens is 206 g/mol. The maximum atomic E-state index is 10.6. The Morgan fingerprint density at radius 3 is 2.25 bits per heavy atom. The summed E-state index contributed by atoms with van der Waals surface area (Å²) in [6.07, 6.45) is 2.06. The van der Waals surface area contributed by atoms with Gasteiger partial charge in [0.05, 0.1) is 0 Å². The molecule has 1 N–H and O–H groups in total. The second kappa shape index (κ2) is 6.05. The molecule has 0 fully saturated rings. The lowest BCUT2D eigenvalue weighted by Crippen LogP contribution is -2.26. The summed E-state index contributed by atoms with van der Waals surface area (Å²) in [6, 6.07) is 3.20. The van der Waals surface area contributed by atoms with Gasteiger partial charge in [0.1, 0.15) is 0 Å². The second-order valence-electron chi connectivity index (χ2n) is 3.57. The molecule has 0 bridgehead atoms. The van der Waals surface area contributed by atoms with Crippen molar-refractivity contribution in [3.8, 4) is 0 Å². The van der Waals surface area contributed by atoms with E-state index in [4.69, 9.17) is 5.11 Å². The summed E-state index contributed by atoms with van der Waals surface area (Å²) in [7, 11) is 0. The van der Waals surface area contributed by atoms with Crippen molar-refractivity contribution in [1.82, 2.24) is 10.2 Å². The molecule has 0 aliphatic carbocycles. The van der Waals surface area contributed by atoms with Crippen LogP contribution >= 0.6 is 0 Å². The fourth-order valence-electron chi connectivity index (χ4n) is 1.49. The van der Waals surface area contributed by atoms with Crippen molar-refractivity contribution in [2.75, 3.05) is 18.0 Å². The minimum Gasteiger partial charge on any atom is -0.476 e. The first kappa shape index (κ1) is 12.4. The number of nitrogens with zero attached hydrogens (tertiary/aromatic N) is 3.